The normalized spacial score (nSPS) is 33.9. The van der Waals surface area contributed by atoms with Crippen molar-refractivity contribution in [3.05, 3.63) is 0 Å². The van der Waals surface area contributed by atoms with E-state index in [0.717, 1.165) is 51.4 Å². The number of nitrogens with one attached hydrogen (secondary N) is 2. The minimum absolute atomic E-state index is 0.0192. The summed E-state index contributed by atoms with van der Waals surface area (Å²) in [7, 11) is -0.858. The molecule has 3 N–H and O–H groups in total. The van der Waals surface area contributed by atoms with Gasteiger partial charge in [0.2, 0.25) is 0 Å². The monoisotopic (exact) mass is 330 g/mol. The summed E-state index contributed by atoms with van der Waals surface area (Å²) in [6.45, 7) is 2.08. The number of carbonyl (C=O) groups is 1. The topological polar surface area (TPSA) is 78.4 Å². The molecule has 0 aliphatic heterocycles. The largest absolute Gasteiger partial charge is 0.396 e. The third-order valence-electron chi connectivity index (χ3n) is 5.10. The molecular weight excluding hydrogens is 300 g/mol. The lowest BCUT2D eigenvalue weighted by molar-refractivity contribution is 0.152. The predicted molar refractivity (Wildman–Crippen MR) is 89.2 cm³/mol. The molecule has 0 saturated heterocycles. The van der Waals surface area contributed by atoms with E-state index in [1.807, 2.05) is 6.92 Å². The van der Waals surface area contributed by atoms with Crippen molar-refractivity contribution in [2.45, 2.75) is 75.6 Å². The van der Waals surface area contributed by atoms with E-state index in [9.17, 15) is 14.1 Å². The minimum atomic E-state index is -0.858. The van der Waals surface area contributed by atoms with Crippen LogP contribution in [0.4, 0.5) is 4.79 Å². The summed E-state index contributed by atoms with van der Waals surface area (Å²) in [5.74, 6) is 0.825. The molecule has 22 heavy (non-hydrogen) atoms. The fraction of sp³-hybridized carbons (Fsp3) is 0.938. The van der Waals surface area contributed by atoms with Gasteiger partial charge in [0.1, 0.15) is 0 Å². The second kappa shape index (κ2) is 8.87. The van der Waals surface area contributed by atoms with Crippen molar-refractivity contribution in [1.82, 2.24) is 10.6 Å². The summed E-state index contributed by atoms with van der Waals surface area (Å²) >= 11 is 0. The Morgan fingerprint density at radius 3 is 2.32 bits per heavy atom. The van der Waals surface area contributed by atoms with Gasteiger partial charge in [0.15, 0.2) is 0 Å². The van der Waals surface area contributed by atoms with Gasteiger partial charge in [-0.05, 0) is 25.7 Å². The average molecular weight is 330 g/mol. The van der Waals surface area contributed by atoms with E-state index in [1.54, 1.807) is 0 Å². The molecule has 2 aliphatic rings. The van der Waals surface area contributed by atoms with Crippen LogP contribution in [0.25, 0.3) is 0 Å². The minimum Gasteiger partial charge on any atom is -0.396 e. The highest BCUT2D eigenvalue weighted by atomic mass is 32.2. The molecule has 0 radical (unpaired) electrons. The van der Waals surface area contributed by atoms with Crippen LogP contribution in [-0.4, -0.2) is 45.0 Å². The van der Waals surface area contributed by atoms with Crippen LogP contribution in [0.1, 0.15) is 58.3 Å². The molecule has 5 nitrogen and oxygen atoms in total. The van der Waals surface area contributed by atoms with Crippen LogP contribution in [0, 0.1) is 5.92 Å². The summed E-state index contributed by atoms with van der Waals surface area (Å²) in [4.78, 5) is 12.3. The molecule has 2 amide bonds. The zero-order chi connectivity index (χ0) is 15.9. The third kappa shape index (κ3) is 4.69. The quantitative estimate of drug-likeness (QED) is 0.720. The lowest BCUT2D eigenvalue weighted by Gasteiger charge is -2.34. The number of urea groups is 1. The molecule has 0 bridgehead atoms. The lowest BCUT2D eigenvalue weighted by Crippen LogP contribution is -2.54. The maximum absolute atomic E-state index is 12.3. The third-order valence-corrected chi connectivity index (χ3v) is 6.91. The highest BCUT2D eigenvalue weighted by Crippen LogP contribution is 2.25. The van der Waals surface area contributed by atoms with Crippen LogP contribution in [-0.2, 0) is 10.8 Å². The maximum Gasteiger partial charge on any atom is 0.315 e. The van der Waals surface area contributed by atoms with Gasteiger partial charge in [-0.3, -0.25) is 4.21 Å². The van der Waals surface area contributed by atoms with Gasteiger partial charge in [0, 0.05) is 41.2 Å². The number of carbonyl (C=O) groups excluding carboxylic acids is 1. The molecule has 2 fully saturated rings. The average Bonchev–Trinajstić information content (AvgIpc) is 2.55. The second-order valence-electron chi connectivity index (χ2n) is 6.55. The number of rotatable bonds is 5. The molecule has 5 atom stereocenters. The van der Waals surface area contributed by atoms with E-state index < -0.39 is 10.8 Å². The molecule has 5 unspecified atom stereocenters. The first-order valence-electron chi connectivity index (χ1n) is 8.70. The van der Waals surface area contributed by atoms with Crippen LogP contribution < -0.4 is 10.6 Å². The Kier molecular flexibility index (Phi) is 7.15. The summed E-state index contributed by atoms with van der Waals surface area (Å²) < 4.78 is 12.2. The van der Waals surface area contributed by atoms with E-state index in [4.69, 9.17) is 0 Å². The second-order valence-corrected chi connectivity index (χ2v) is 8.49. The first-order valence-corrected chi connectivity index (χ1v) is 10.1. The summed E-state index contributed by atoms with van der Waals surface area (Å²) in [5, 5.41) is 15.6. The first kappa shape index (κ1) is 17.7. The van der Waals surface area contributed by atoms with Gasteiger partial charge in [-0.25, -0.2) is 4.79 Å². The maximum atomic E-state index is 12.3. The SMILES string of the molecule is CCS(=O)C1CCCCC1NC(=O)NC1CCCCC1CO. The molecule has 0 aromatic carbocycles. The summed E-state index contributed by atoms with van der Waals surface area (Å²) in [5.41, 5.74) is 0. The van der Waals surface area contributed by atoms with Crippen molar-refractivity contribution in [3.8, 4) is 0 Å². The smallest absolute Gasteiger partial charge is 0.315 e. The Morgan fingerprint density at radius 1 is 1.05 bits per heavy atom. The van der Waals surface area contributed by atoms with Gasteiger partial charge in [-0.15, -0.1) is 0 Å². The van der Waals surface area contributed by atoms with Crippen LogP contribution in [0.3, 0.4) is 0 Å². The Labute approximate surface area is 136 Å². The first-order chi connectivity index (χ1) is 10.7. The number of amides is 2. The zero-order valence-corrected chi connectivity index (χ0v) is 14.4. The molecule has 0 aromatic heterocycles. The van der Waals surface area contributed by atoms with Crippen LogP contribution in [0.2, 0.25) is 0 Å². The number of aliphatic hydroxyl groups excluding tert-OH is 1. The molecule has 0 heterocycles. The zero-order valence-electron chi connectivity index (χ0n) is 13.6. The Morgan fingerprint density at radius 2 is 1.64 bits per heavy atom. The molecule has 2 rings (SSSR count). The van der Waals surface area contributed by atoms with Gasteiger partial charge in [0.05, 0.1) is 5.25 Å². The van der Waals surface area contributed by atoms with Crippen LogP contribution in [0.15, 0.2) is 0 Å². The fourth-order valence-electron chi connectivity index (χ4n) is 3.79. The Bertz CT molecular complexity index is 392. The number of hydrogen-bond donors (Lipinski definition) is 3. The van der Waals surface area contributed by atoms with Gasteiger partial charge in [-0.1, -0.05) is 32.6 Å². The predicted octanol–water partition coefficient (Wildman–Crippen LogP) is 1.92. The van der Waals surface area contributed by atoms with Crippen molar-refractivity contribution in [1.29, 1.82) is 0 Å². The lowest BCUT2D eigenvalue weighted by atomic mass is 9.85. The van der Waals surface area contributed by atoms with Gasteiger partial charge in [0.25, 0.3) is 0 Å². The van der Waals surface area contributed by atoms with E-state index in [1.165, 1.54) is 0 Å². The summed E-state index contributed by atoms with van der Waals surface area (Å²) in [6.07, 6.45) is 8.20. The summed E-state index contributed by atoms with van der Waals surface area (Å²) in [6, 6.07) is -0.0708. The molecule has 2 saturated carbocycles. The fourth-order valence-corrected chi connectivity index (χ4v) is 5.21. The number of aliphatic hydroxyl groups is 1. The highest BCUT2D eigenvalue weighted by Gasteiger charge is 2.31. The molecule has 2 aliphatic carbocycles. The molecule has 0 aromatic rings. The Balaban J connectivity index is 1.88. The van der Waals surface area contributed by atoms with Crippen molar-refractivity contribution in [2.75, 3.05) is 12.4 Å². The van der Waals surface area contributed by atoms with E-state index in [2.05, 4.69) is 10.6 Å². The molecule has 128 valence electrons. The Hall–Kier alpha value is -0.620. The van der Waals surface area contributed by atoms with Crippen molar-refractivity contribution in [3.63, 3.8) is 0 Å². The molecular formula is C16H30N2O3S. The van der Waals surface area contributed by atoms with Crippen molar-refractivity contribution < 1.29 is 14.1 Å². The van der Waals surface area contributed by atoms with Gasteiger partial charge in [-0.2, -0.15) is 0 Å². The van der Waals surface area contributed by atoms with E-state index in [0.29, 0.717) is 5.75 Å². The standard InChI is InChI=1S/C16H30N2O3S/c1-2-22(21)15-10-6-5-9-14(15)18-16(20)17-13-8-4-3-7-12(13)11-19/h12-15,19H,2-11H2,1H3,(H2,17,18,20). The van der Waals surface area contributed by atoms with Crippen LogP contribution >= 0.6 is 0 Å². The van der Waals surface area contributed by atoms with Crippen molar-refractivity contribution >= 4 is 16.8 Å². The molecule has 6 heteroatoms. The number of hydrogen-bond acceptors (Lipinski definition) is 3. The highest BCUT2D eigenvalue weighted by molar-refractivity contribution is 7.85. The van der Waals surface area contributed by atoms with E-state index >= 15 is 0 Å². The molecule has 0 spiro atoms. The van der Waals surface area contributed by atoms with Crippen molar-refractivity contribution in [2.24, 2.45) is 5.92 Å². The van der Waals surface area contributed by atoms with Crippen LogP contribution in [0.5, 0.6) is 0 Å². The van der Waals surface area contributed by atoms with Gasteiger partial charge >= 0.3 is 6.03 Å². The van der Waals surface area contributed by atoms with Gasteiger partial charge < -0.3 is 15.7 Å². The van der Waals surface area contributed by atoms with E-state index in [-0.39, 0.29) is 35.9 Å².